The second-order valence-electron chi connectivity index (χ2n) is 8.66. The monoisotopic (exact) mass is 487 g/mol. The Bertz CT molecular complexity index is 1340. The molecule has 0 spiro atoms. The van der Waals surface area contributed by atoms with Gasteiger partial charge in [0.25, 0.3) is 0 Å². The zero-order valence-corrected chi connectivity index (χ0v) is 20.9. The summed E-state index contributed by atoms with van der Waals surface area (Å²) in [4.78, 5) is 11.1. The highest BCUT2D eigenvalue weighted by Crippen LogP contribution is 2.42. The van der Waals surface area contributed by atoms with Crippen LogP contribution in [0.2, 0.25) is 5.02 Å². The van der Waals surface area contributed by atoms with Gasteiger partial charge in [-0.25, -0.2) is 0 Å². The minimum atomic E-state index is -0.0649. The smallest absolute Gasteiger partial charge is 0.170 e. The van der Waals surface area contributed by atoms with E-state index in [2.05, 4.69) is 63.7 Å². The Hall–Kier alpha value is -3.22. The number of aromatic nitrogens is 3. The molecule has 0 saturated carbocycles. The average Bonchev–Trinajstić information content (AvgIpc) is 3.32. The van der Waals surface area contributed by atoms with E-state index in [9.17, 15) is 0 Å². The number of hydrogen-bond acceptors (Lipinski definition) is 3. The van der Waals surface area contributed by atoms with Crippen molar-refractivity contribution in [3.63, 3.8) is 0 Å². The van der Waals surface area contributed by atoms with Crippen molar-refractivity contribution < 1.29 is 0 Å². The van der Waals surface area contributed by atoms with Crippen molar-refractivity contribution in [1.82, 2.24) is 24.8 Å². The number of hydrogen-bond donors (Lipinski definition) is 1. The number of halogens is 1. The molecule has 0 aliphatic carbocycles. The fourth-order valence-corrected chi connectivity index (χ4v) is 5.37. The lowest BCUT2D eigenvalue weighted by Gasteiger charge is -2.28. The summed E-state index contributed by atoms with van der Waals surface area (Å²) in [6.45, 7) is 7.06. The fraction of sp³-hybridized carbons (Fsp3) is 0.222. The summed E-state index contributed by atoms with van der Waals surface area (Å²) in [7, 11) is 0. The molecule has 4 heterocycles. The predicted molar refractivity (Wildman–Crippen MR) is 140 cm³/mol. The second kappa shape index (κ2) is 9.20. The molecule has 1 saturated heterocycles. The van der Waals surface area contributed by atoms with Gasteiger partial charge in [0.05, 0.1) is 17.8 Å². The Labute approximate surface area is 210 Å². The molecule has 1 aliphatic heterocycles. The molecule has 0 amide bonds. The van der Waals surface area contributed by atoms with Gasteiger partial charge in [-0.05, 0) is 92.1 Å². The minimum Gasteiger partial charge on any atom is -0.352 e. The number of aryl methyl sites for hydroxylation is 1. The number of benzene rings is 1. The summed E-state index contributed by atoms with van der Waals surface area (Å²) in [6.07, 6.45) is 5.48. The van der Waals surface area contributed by atoms with E-state index in [1.54, 1.807) is 0 Å². The summed E-state index contributed by atoms with van der Waals surface area (Å²) in [5.41, 5.74) is 7.82. The molecule has 5 nitrogen and oxygen atoms in total. The number of thiocarbonyl (C=S) groups is 1. The van der Waals surface area contributed by atoms with Crippen LogP contribution in [0.4, 0.5) is 0 Å². The fourth-order valence-electron chi connectivity index (χ4n) is 4.90. The third kappa shape index (κ3) is 3.97. The molecule has 172 valence electrons. The van der Waals surface area contributed by atoms with Crippen molar-refractivity contribution in [3.05, 3.63) is 112 Å². The third-order valence-corrected chi connectivity index (χ3v) is 7.33. The molecule has 3 aromatic heterocycles. The van der Waals surface area contributed by atoms with E-state index in [0.29, 0.717) is 6.54 Å². The lowest BCUT2D eigenvalue weighted by atomic mass is 9.96. The standard InChI is InChI=1S/C27H26ClN5S/c1-17-15-21(19(3)33(17)24-9-6-7-22(28)18(24)2)26-25(23-8-4-5-12-30-23)31-27(34)32(26)16-20-10-13-29-14-11-20/h4-15,25-26H,16H2,1-3H3,(H,31,34)/t25-,26+/m1/s1. The zero-order valence-electron chi connectivity index (χ0n) is 19.4. The van der Waals surface area contributed by atoms with Crippen molar-refractivity contribution >= 4 is 28.9 Å². The summed E-state index contributed by atoms with van der Waals surface area (Å²) in [6, 6.07) is 18.3. The van der Waals surface area contributed by atoms with Crippen LogP contribution in [0.3, 0.4) is 0 Å². The highest BCUT2D eigenvalue weighted by Gasteiger charge is 2.41. The Morgan fingerprint density at radius 3 is 2.53 bits per heavy atom. The van der Waals surface area contributed by atoms with Gasteiger partial charge < -0.3 is 14.8 Å². The van der Waals surface area contributed by atoms with Crippen LogP contribution in [0.15, 0.2) is 73.2 Å². The molecule has 2 atom stereocenters. The van der Waals surface area contributed by atoms with Gasteiger partial charge in [0.2, 0.25) is 0 Å². The van der Waals surface area contributed by atoms with E-state index in [1.165, 1.54) is 11.3 Å². The first-order valence-corrected chi connectivity index (χ1v) is 12.1. The number of nitrogens with one attached hydrogen (secondary N) is 1. The van der Waals surface area contributed by atoms with Crippen LogP contribution in [0.25, 0.3) is 5.69 Å². The maximum atomic E-state index is 6.48. The lowest BCUT2D eigenvalue weighted by Crippen LogP contribution is -2.29. The Kier molecular flexibility index (Phi) is 6.11. The van der Waals surface area contributed by atoms with Crippen LogP contribution >= 0.6 is 23.8 Å². The van der Waals surface area contributed by atoms with Crippen LogP contribution in [-0.2, 0) is 6.54 Å². The van der Waals surface area contributed by atoms with E-state index >= 15 is 0 Å². The predicted octanol–water partition coefficient (Wildman–Crippen LogP) is 6.02. The van der Waals surface area contributed by atoms with Crippen LogP contribution < -0.4 is 5.32 Å². The first-order chi connectivity index (χ1) is 16.5. The van der Waals surface area contributed by atoms with Gasteiger partial charge >= 0.3 is 0 Å². The molecule has 7 heteroatoms. The second-order valence-corrected chi connectivity index (χ2v) is 9.45. The SMILES string of the molecule is Cc1c(Cl)cccc1-n1c(C)cc([C@H]2[C@@H](c3ccccn3)NC(=S)N2Cc2ccncc2)c1C. The summed E-state index contributed by atoms with van der Waals surface area (Å²) < 4.78 is 2.29. The van der Waals surface area contributed by atoms with Gasteiger partial charge in [0.15, 0.2) is 5.11 Å². The minimum absolute atomic E-state index is 0.0185. The first kappa shape index (κ1) is 22.6. The molecular formula is C27H26ClN5S. The lowest BCUT2D eigenvalue weighted by molar-refractivity contribution is 0.310. The van der Waals surface area contributed by atoms with E-state index < -0.39 is 0 Å². The highest BCUT2D eigenvalue weighted by molar-refractivity contribution is 7.80. The van der Waals surface area contributed by atoms with Gasteiger partial charge in [0.1, 0.15) is 0 Å². The molecule has 1 N–H and O–H groups in total. The molecule has 0 radical (unpaired) electrons. The van der Waals surface area contributed by atoms with Gasteiger partial charge in [-0.2, -0.15) is 0 Å². The highest BCUT2D eigenvalue weighted by atomic mass is 35.5. The van der Waals surface area contributed by atoms with E-state index in [-0.39, 0.29) is 12.1 Å². The quantitative estimate of drug-likeness (QED) is 0.349. The van der Waals surface area contributed by atoms with Crippen molar-refractivity contribution in [2.45, 2.75) is 39.4 Å². The molecule has 34 heavy (non-hydrogen) atoms. The van der Waals surface area contributed by atoms with Crippen LogP contribution in [-0.4, -0.2) is 24.5 Å². The van der Waals surface area contributed by atoms with Crippen molar-refractivity contribution in [3.8, 4) is 5.69 Å². The Morgan fingerprint density at radius 2 is 1.79 bits per heavy atom. The molecule has 1 aromatic carbocycles. The van der Waals surface area contributed by atoms with Crippen LogP contribution in [0.1, 0.15) is 45.9 Å². The number of nitrogens with zero attached hydrogens (tertiary/aromatic N) is 4. The molecule has 0 bridgehead atoms. The molecule has 5 rings (SSSR count). The maximum Gasteiger partial charge on any atom is 0.170 e. The van der Waals surface area contributed by atoms with E-state index in [4.69, 9.17) is 23.8 Å². The van der Waals surface area contributed by atoms with Crippen molar-refractivity contribution in [2.75, 3.05) is 0 Å². The molecule has 4 aromatic rings. The van der Waals surface area contributed by atoms with Crippen LogP contribution in [0, 0.1) is 20.8 Å². The Morgan fingerprint density at radius 1 is 1.00 bits per heavy atom. The van der Waals surface area contributed by atoms with Gasteiger partial charge in [-0.1, -0.05) is 23.7 Å². The van der Waals surface area contributed by atoms with Crippen LogP contribution in [0.5, 0.6) is 0 Å². The molecular weight excluding hydrogens is 462 g/mol. The van der Waals surface area contributed by atoms with Gasteiger partial charge in [-0.3, -0.25) is 9.97 Å². The molecule has 0 unspecified atom stereocenters. The summed E-state index contributed by atoms with van der Waals surface area (Å²) in [5.74, 6) is 0. The van der Waals surface area contributed by atoms with Gasteiger partial charge in [0, 0.05) is 47.2 Å². The molecule has 1 fully saturated rings. The molecule has 1 aliphatic rings. The third-order valence-electron chi connectivity index (χ3n) is 6.57. The van der Waals surface area contributed by atoms with Crippen molar-refractivity contribution in [1.29, 1.82) is 0 Å². The largest absolute Gasteiger partial charge is 0.352 e. The zero-order chi connectivity index (χ0) is 23.8. The van der Waals surface area contributed by atoms with Crippen molar-refractivity contribution in [2.24, 2.45) is 0 Å². The average molecular weight is 488 g/mol. The normalized spacial score (nSPS) is 17.8. The maximum absolute atomic E-state index is 6.48. The van der Waals surface area contributed by atoms with E-state index in [1.807, 2.05) is 55.0 Å². The number of pyridine rings is 2. The summed E-state index contributed by atoms with van der Waals surface area (Å²) in [5, 5.41) is 5.04. The first-order valence-electron chi connectivity index (χ1n) is 11.3. The summed E-state index contributed by atoms with van der Waals surface area (Å²) >= 11 is 12.3. The number of rotatable bonds is 5. The van der Waals surface area contributed by atoms with E-state index in [0.717, 1.165) is 38.3 Å². The van der Waals surface area contributed by atoms with Gasteiger partial charge in [-0.15, -0.1) is 0 Å². The topological polar surface area (TPSA) is 46.0 Å². The Balaban J connectivity index is 1.64.